The van der Waals surface area contributed by atoms with Crippen molar-refractivity contribution in [2.75, 3.05) is 31.1 Å². The second-order valence-corrected chi connectivity index (χ2v) is 9.65. The van der Waals surface area contributed by atoms with Crippen molar-refractivity contribution in [2.45, 2.75) is 64.8 Å². The lowest BCUT2D eigenvalue weighted by atomic mass is 9.70. The quantitative estimate of drug-likeness (QED) is 0.739. The molecular formula is C25H34N4. The van der Waals surface area contributed by atoms with Crippen LogP contribution >= 0.6 is 0 Å². The predicted octanol–water partition coefficient (Wildman–Crippen LogP) is 5.00. The van der Waals surface area contributed by atoms with Gasteiger partial charge in [-0.2, -0.15) is 0 Å². The first-order chi connectivity index (χ1) is 14.1. The number of piperidine rings is 2. The Morgan fingerprint density at radius 3 is 2.03 bits per heavy atom. The smallest absolute Gasteiger partial charge is 0.151 e. The molecule has 1 aliphatic carbocycles. The summed E-state index contributed by atoms with van der Waals surface area (Å²) in [6.45, 7) is 9.21. The van der Waals surface area contributed by atoms with Crippen LogP contribution in [0.3, 0.4) is 0 Å². The molecule has 1 spiro atoms. The van der Waals surface area contributed by atoms with Gasteiger partial charge in [0.2, 0.25) is 0 Å². The van der Waals surface area contributed by atoms with E-state index in [9.17, 15) is 0 Å². The molecule has 3 aliphatic rings. The third kappa shape index (κ3) is 3.68. The minimum Gasteiger partial charge on any atom is -0.355 e. The van der Waals surface area contributed by atoms with Crippen molar-refractivity contribution < 1.29 is 0 Å². The molecule has 1 saturated carbocycles. The molecule has 154 valence electrons. The fourth-order valence-electron chi connectivity index (χ4n) is 5.67. The largest absolute Gasteiger partial charge is 0.355 e. The molecule has 4 heteroatoms. The second kappa shape index (κ2) is 7.71. The normalized spacial score (nSPS) is 22.6. The Morgan fingerprint density at radius 2 is 1.48 bits per heavy atom. The summed E-state index contributed by atoms with van der Waals surface area (Å²) in [6, 6.07) is 11.6. The van der Waals surface area contributed by atoms with Crippen molar-refractivity contribution in [3.8, 4) is 11.3 Å². The van der Waals surface area contributed by atoms with E-state index in [1.807, 2.05) is 0 Å². The number of rotatable bonds is 3. The third-order valence-corrected chi connectivity index (χ3v) is 7.99. The van der Waals surface area contributed by atoms with E-state index in [0.29, 0.717) is 5.41 Å². The van der Waals surface area contributed by atoms with E-state index in [2.05, 4.69) is 64.2 Å². The van der Waals surface area contributed by atoms with Crippen molar-refractivity contribution in [3.63, 3.8) is 0 Å². The molecule has 1 aromatic heterocycles. The van der Waals surface area contributed by atoms with Gasteiger partial charge in [-0.3, -0.25) is 0 Å². The number of likely N-dealkylation sites (tertiary alicyclic amines) is 1. The summed E-state index contributed by atoms with van der Waals surface area (Å²) in [5, 5.41) is 9.21. The highest BCUT2D eigenvalue weighted by Crippen LogP contribution is 2.43. The zero-order valence-electron chi connectivity index (χ0n) is 18.0. The molecule has 0 unspecified atom stereocenters. The van der Waals surface area contributed by atoms with Gasteiger partial charge in [-0.05, 0) is 94.1 Å². The summed E-state index contributed by atoms with van der Waals surface area (Å²) in [6.07, 6.45) is 9.75. The molecule has 0 amide bonds. The van der Waals surface area contributed by atoms with Crippen LogP contribution < -0.4 is 4.90 Å². The third-order valence-electron chi connectivity index (χ3n) is 7.99. The Labute approximate surface area is 175 Å². The van der Waals surface area contributed by atoms with Crippen molar-refractivity contribution in [1.29, 1.82) is 0 Å². The van der Waals surface area contributed by atoms with E-state index in [4.69, 9.17) is 0 Å². The van der Waals surface area contributed by atoms with Gasteiger partial charge in [0.15, 0.2) is 5.82 Å². The van der Waals surface area contributed by atoms with Crippen molar-refractivity contribution in [1.82, 2.24) is 15.1 Å². The van der Waals surface area contributed by atoms with Crippen LogP contribution in [-0.2, 0) is 0 Å². The van der Waals surface area contributed by atoms with Gasteiger partial charge in [0.1, 0.15) is 0 Å². The molecule has 5 rings (SSSR count). The van der Waals surface area contributed by atoms with Gasteiger partial charge >= 0.3 is 0 Å². The minimum atomic E-state index is 0.586. The Hall–Kier alpha value is -1.94. The number of hydrogen-bond acceptors (Lipinski definition) is 4. The Kier molecular flexibility index (Phi) is 5.07. The van der Waals surface area contributed by atoms with Crippen molar-refractivity contribution >= 4 is 5.82 Å². The van der Waals surface area contributed by atoms with Crippen molar-refractivity contribution in [3.05, 3.63) is 41.5 Å². The average Bonchev–Trinajstić information content (AvgIpc) is 2.70. The van der Waals surface area contributed by atoms with E-state index < -0.39 is 0 Å². The van der Waals surface area contributed by atoms with Gasteiger partial charge in [-0.15, -0.1) is 10.2 Å². The van der Waals surface area contributed by atoms with Gasteiger partial charge in [-0.25, -0.2) is 0 Å². The summed E-state index contributed by atoms with van der Waals surface area (Å²) >= 11 is 0. The van der Waals surface area contributed by atoms with E-state index in [0.717, 1.165) is 30.6 Å². The van der Waals surface area contributed by atoms with E-state index in [1.165, 1.54) is 74.7 Å². The fourth-order valence-corrected chi connectivity index (χ4v) is 5.67. The number of anilines is 1. The molecule has 29 heavy (non-hydrogen) atoms. The maximum atomic E-state index is 4.62. The lowest BCUT2D eigenvalue weighted by Crippen LogP contribution is -2.51. The summed E-state index contributed by atoms with van der Waals surface area (Å²) in [7, 11) is 0. The molecule has 3 heterocycles. The molecule has 2 aliphatic heterocycles. The Balaban J connectivity index is 1.21. The molecule has 0 radical (unpaired) electrons. The van der Waals surface area contributed by atoms with E-state index in [1.54, 1.807) is 0 Å². The maximum Gasteiger partial charge on any atom is 0.151 e. The standard InChI is InChI=1S/C25H34N4/c1-19-5-3-6-20(2)24(19)22-9-10-23(27-26-22)29-17-13-25(14-18-29)11-15-28(16-12-25)21-7-4-8-21/h3,5-6,9-10,21H,4,7-8,11-18H2,1-2H3. The first-order valence-corrected chi connectivity index (χ1v) is 11.5. The lowest BCUT2D eigenvalue weighted by Gasteiger charge is -2.50. The molecule has 4 nitrogen and oxygen atoms in total. The number of aryl methyl sites for hydroxylation is 2. The minimum absolute atomic E-state index is 0.586. The van der Waals surface area contributed by atoms with Gasteiger partial charge in [0, 0.05) is 24.7 Å². The Bertz CT molecular complexity index is 817. The van der Waals surface area contributed by atoms with Crippen LogP contribution in [0.2, 0.25) is 0 Å². The van der Waals surface area contributed by atoms with Crippen LogP contribution in [-0.4, -0.2) is 47.3 Å². The molecule has 0 atom stereocenters. The molecule has 3 fully saturated rings. The highest BCUT2D eigenvalue weighted by atomic mass is 15.3. The van der Waals surface area contributed by atoms with Gasteiger partial charge in [0.05, 0.1) is 5.69 Å². The SMILES string of the molecule is Cc1cccc(C)c1-c1ccc(N2CCC3(CC2)CCN(C2CCC2)CC3)nn1. The van der Waals surface area contributed by atoms with Crippen molar-refractivity contribution in [2.24, 2.45) is 5.41 Å². The number of aromatic nitrogens is 2. The first-order valence-electron chi connectivity index (χ1n) is 11.5. The van der Waals surface area contributed by atoms with Crippen LogP contribution in [0, 0.1) is 19.3 Å². The van der Waals surface area contributed by atoms with Gasteiger partial charge in [-0.1, -0.05) is 24.6 Å². The number of benzene rings is 1. The van der Waals surface area contributed by atoms with Gasteiger partial charge < -0.3 is 9.80 Å². The molecule has 0 N–H and O–H groups in total. The molecule has 2 aromatic rings. The zero-order chi connectivity index (χ0) is 19.8. The topological polar surface area (TPSA) is 32.3 Å². The molecular weight excluding hydrogens is 356 g/mol. The lowest BCUT2D eigenvalue weighted by molar-refractivity contribution is 0.0305. The fraction of sp³-hybridized carbons (Fsp3) is 0.600. The summed E-state index contributed by atoms with van der Waals surface area (Å²) in [5.41, 5.74) is 5.33. The van der Waals surface area contributed by atoms with Crippen LogP contribution in [0.4, 0.5) is 5.82 Å². The second-order valence-electron chi connectivity index (χ2n) is 9.65. The summed E-state index contributed by atoms with van der Waals surface area (Å²) in [4.78, 5) is 5.23. The molecule has 0 bridgehead atoms. The molecule has 2 saturated heterocycles. The van der Waals surface area contributed by atoms with Crippen LogP contribution in [0.5, 0.6) is 0 Å². The zero-order valence-corrected chi connectivity index (χ0v) is 18.0. The van der Waals surface area contributed by atoms with Gasteiger partial charge in [0.25, 0.3) is 0 Å². The number of nitrogens with zero attached hydrogens (tertiary/aromatic N) is 4. The summed E-state index contributed by atoms with van der Waals surface area (Å²) in [5.74, 6) is 1.04. The first kappa shape index (κ1) is 19.0. The van der Waals surface area contributed by atoms with E-state index in [-0.39, 0.29) is 0 Å². The summed E-state index contributed by atoms with van der Waals surface area (Å²) < 4.78 is 0. The average molecular weight is 391 g/mol. The Morgan fingerprint density at radius 1 is 0.828 bits per heavy atom. The highest BCUT2D eigenvalue weighted by molar-refractivity contribution is 5.67. The monoisotopic (exact) mass is 390 g/mol. The highest BCUT2D eigenvalue weighted by Gasteiger charge is 2.39. The van der Waals surface area contributed by atoms with Crippen LogP contribution in [0.25, 0.3) is 11.3 Å². The predicted molar refractivity (Wildman–Crippen MR) is 119 cm³/mol. The van der Waals surface area contributed by atoms with Crippen LogP contribution in [0.1, 0.15) is 56.1 Å². The van der Waals surface area contributed by atoms with E-state index >= 15 is 0 Å². The van der Waals surface area contributed by atoms with Crippen LogP contribution in [0.15, 0.2) is 30.3 Å². The maximum absolute atomic E-state index is 4.62. The molecule has 1 aromatic carbocycles. The number of hydrogen-bond donors (Lipinski definition) is 0.